The van der Waals surface area contributed by atoms with Crippen LogP contribution < -0.4 is 10.6 Å². The van der Waals surface area contributed by atoms with Crippen LogP contribution in [-0.4, -0.2) is 146 Å². The van der Waals surface area contributed by atoms with Crippen molar-refractivity contribution in [3.05, 3.63) is 0 Å². The van der Waals surface area contributed by atoms with Gasteiger partial charge in [-0.3, -0.25) is 38.4 Å². The third-order valence-electron chi connectivity index (χ3n) is 6.87. The van der Waals surface area contributed by atoms with Gasteiger partial charge in [0.25, 0.3) is 0 Å². The number of aliphatic hydroxyl groups is 2. The molecular formula is C28H40N2O20. The van der Waals surface area contributed by atoms with Crippen LogP contribution in [0.1, 0.15) is 41.5 Å². The van der Waals surface area contributed by atoms with Crippen molar-refractivity contribution >= 4 is 47.6 Å². The van der Waals surface area contributed by atoms with E-state index in [2.05, 4.69) is 0 Å². The summed E-state index contributed by atoms with van der Waals surface area (Å²) in [4.78, 5) is 98.1. The van der Waals surface area contributed by atoms with Crippen molar-refractivity contribution in [3.63, 3.8) is 0 Å². The molecule has 2 rings (SSSR count). The Labute approximate surface area is 284 Å². The van der Waals surface area contributed by atoms with Gasteiger partial charge in [0.15, 0.2) is 24.4 Å². The van der Waals surface area contributed by atoms with Crippen molar-refractivity contribution in [2.75, 3.05) is 27.4 Å². The lowest BCUT2D eigenvalue weighted by Crippen LogP contribution is -2.78. The summed E-state index contributed by atoms with van der Waals surface area (Å²) < 4.78 is 52.0. The minimum Gasteiger partial charge on any atom is -0.463 e. The SMILES string of the molecule is CO[C@@H]1O[C@H](COC(C)=O)[C@@H](OC(C)=O)[C@H](OC(C)=O)[C@@]1(O)NC(=O)C(=O)N[C@@]1(O)[C@@H](OC)O[C@H](COC(C)=O)[C@@H](OC(C)=O)[C@@H]1OC(C)=O. The van der Waals surface area contributed by atoms with Crippen LogP contribution in [0.3, 0.4) is 0 Å². The number of esters is 6. The average Bonchev–Trinajstić information content (AvgIpc) is 2.99. The molecule has 2 aliphatic heterocycles. The van der Waals surface area contributed by atoms with Crippen LogP contribution in [0, 0.1) is 0 Å². The van der Waals surface area contributed by atoms with Crippen LogP contribution in [0.15, 0.2) is 0 Å². The molecule has 22 heteroatoms. The highest BCUT2D eigenvalue weighted by Gasteiger charge is 2.63. The molecule has 0 unspecified atom stereocenters. The van der Waals surface area contributed by atoms with Crippen molar-refractivity contribution in [2.24, 2.45) is 0 Å². The second-order valence-corrected chi connectivity index (χ2v) is 10.9. The second-order valence-electron chi connectivity index (χ2n) is 10.9. The predicted octanol–water partition coefficient (Wildman–Crippen LogP) is -3.81. The highest BCUT2D eigenvalue weighted by molar-refractivity contribution is 6.35. The predicted molar refractivity (Wildman–Crippen MR) is 153 cm³/mol. The molecule has 0 spiro atoms. The van der Waals surface area contributed by atoms with E-state index in [0.717, 1.165) is 55.8 Å². The fraction of sp³-hybridized carbons (Fsp3) is 0.714. The summed E-state index contributed by atoms with van der Waals surface area (Å²) in [6.45, 7) is 4.53. The van der Waals surface area contributed by atoms with E-state index < -0.39 is 121 Å². The van der Waals surface area contributed by atoms with Gasteiger partial charge in [-0.05, 0) is 0 Å². The van der Waals surface area contributed by atoms with E-state index in [-0.39, 0.29) is 0 Å². The number of nitrogens with one attached hydrogen (secondary N) is 2. The Hall–Kier alpha value is -4.48. The Morgan fingerprint density at radius 2 is 0.840 bits per heavy atom. The summed E-state index contributed by atoms with van der Waals surface area (Å²) in [5.41, 5.74) is -6.11. The molecule has 0 bridgehead atoms. The largest absolute Gasteiger partial charge is 0.463 e. The van der Waals surface area contributed by atoms with Crippen molar-refractivity contribution in [2.45, 2.75) is 102 Å². The maximum atomic E-state index is 13.4. The van der Waals surface area contributed by atoms with Gasteiger partial charge in [-0.15, -0.1) is 0 Å². The fourth-order valence-electron chi connectivity index (χ4n) is 5.04. The lowest BCUT2D eigenvalue weighted by molar-refractivity contribution is -0.345. The number of ether oxygens (including phenoxy) is 10. The highest BCUT2D eigenvalue weighted by atomic mass is 16.7. The van der Waals surface area contributed by atoms with Crippen LogP contribution >= 0.6 is 0 Å². The Kier molecular flexibility index (Phi) is 14.5. The fourth-order valence-corrected chi connectivity index (χ4v) is 5.04. The molecule has 0 aromatic carbocycles. The third-order valence-corrected chi connectivity index (χ3v) is 6.87. The Bertz CT molecular complexity index is 1230. The highest BCUT2D eigenvalue weighted by Crippen LogP contribution is 2.35. The summed E-state index contributed by atoms with van der Waals surface area (Å²) in [6.07, 6.45) is -14.8. The van der Waals surface area contributed by atoms with Gasteiger partial charge >= 0.3 is 47.6 Å². The molecule has 2 amide bonds. The lowest BCUT2D eigenvalue weighted by atomic mass is 9.91. The van der Waals surface area contributed by atoms with E-state index in [1.165, 1.54) is 0 Å². The summed E-state index contributed by atoms with van der Waals surface area (Å²) in [7, 11) is 1.94. The number of methoxy groups -OCH3 is 2. The van der Waals surface area contributed by atoms with Crippen LogP contribution in [0.25, 0.3) is 0 Å². The monoisotopic (exact) mass is 724 g/mol. The number of hydrogen-bond donors (Lipinski definition) is 4. The molecule has 0 aromatic rings. The van der Waals surface area contributed by atoms with Gasteiger partial charge in [-0.1, -0.05) is 0 Å². The van der Waals surface area contributed by atoms with E-state index in [4.69, 9.17) is 47.4 Å². The van der Waals surface area contributed by atoms with Crippen LogP contribution in [0.2, 0.25) is 0 Å². The molecule has 2 aliphatic rings. The molecule has 0 radical (unpaired) electrons. The van der Waals surface area contributed by atoms with Crippen LogP contribution in [-0.2, 0) is 85.7 Å². The number of carbonyl (C=O) groups is 8. The van der Waals surface area contributed by atoms with Crippen molar-refractivity contribution < 1.29 is 95.9 Å². The van der Waals surface area contributed by atoms with Crippen molar-refractivity contribution in [1.82, 2.24) is 10.6 Å². The Morgan fingerprint density at radius 3 is 1.08 bits per heavy atom. The quantitative estimate of drug-likeness (QED) is 0.0649. The first-order valence-corrected chi connectivity index (χ1v) is 14.6. The number of carbonyl (C=O) groups excluding carboxylic acids is 8. The smallest absolute Gasteiger partial charge is 0.311 e. The van der Waals surface area contributed by atoms with E-state index >= 15 is 0 Å². The van der Waals surface area contributed by atoms with Gasteiger partial charge < -0.3 is 68.2 Å². The molecular weight excluding hydrogens is 684 g/mol. The van der Waals surface area contributed by atoms with E-state index in [1.807, 2.05) is 10.6 Å². The third kappa shape index (κ3) is 10.3. The van der Waals surface area contributed by atoms with Gasteiger partial charge in [0.2, 0.25) is 24.0 Å². The molecule has 4 N–H and O–H groups in total. The molecule has 2 fully saturated rings. The zero-order valence-corrected chi connectivity index (χ0v) is 28.3. The molecule has 2 heterocycles. The molecule has 282 valence electrons. The topological polar surface area (TPSA) is 293 Å². The van der Waals surface area contributed by atoms with Crippen molar-refractivity contribution in [1.29, 1.82) is 0 Å². The first-order valence-electron chi connectivity index (χ1n) is 14.6. The molecule has 0 aliphatic carbocycles. The lowest BCUT2D eigenvalue weighted by Gasteiger charge is -2.50. The van der Waals surface area contributed by atoms with E-state index in [0.29, 0.717) is 0 Å². The Morgan fingerprint density at radius 1 is 0.540 bits per heavy atom. The number of rotatable bonds is 12. The summed E-state index contributed by atoms with van der Waals surface area (Å²) in [5.74, 6) is -9.39. The molecule has 50 heavy (non-hydrogen) atoms. The standard InChI is InChI=1S/C28H40N2O20/c1-11(31)43-9-17-19(45-13(3)33)21(47-15(5)35)27(39,25(41-7)49-17)29-23(37)24(38)30-28(40)22(48-16(6)36)20(46-14(4)34)18(10-44-12(2)32)50-26(28)42-8/h17-22,25-26,39-40H,9-10H2,1-8H3,(H,29,37)(H,30,38)/t17-,18-,19-,20-,21+,22+,25-,26+,27+,28+/m1/s1. The Balaban J connectivity index is 2.55. The van der Waals surface area contributed by atoms with E-state index in [1.54, 1.807) is 0 Å². The maximum Gasteiger partial charge on any atom is 0.311 e. The normalized spacial score (nSPS) is 32.0. The van der Waals surface area contributed by atoms with Crippen LogP contribution in [0.4, 0.5) is 0 Å². The van der Waals surface area contributed by atoms with Crippen molar-refractivity contribution in [3.8, 4) is 0 Å². The molecule has 0 aromatic heterocycles. The molecule has 22 nitrogen and oxygen atoms in total. The number of hydrogen-bond acceptors (Lipinski definition) is 20. The zero-order valence-electron chi connectivity index (χ0n) is 28.3. The minimum atomic E-state index is -3.06. The van der Waals surface area contributed by atoms with E-state index in [9.17, 15) is 48.6 Å². The maximum absolute atomic E-state index is 13.4. The summed E-state index contributed by atoms with van der Waals surface area (Å²) in [5, 5.41) is 27.2. The zero-order chi connectivity index (χ0) is 38.1. The van der Waals surface area contributed by atoms with Gasteiger partial charge in [-0.25, -0.2) is 0 Å². The first kappa shape index (κ1) is 41.7. The molecule has 0 saturated carbocycles. The molecule has 2 saturated heterocycles. The summed E-state index contributed by atoms with van der Waals surface area (Å²) in [6, 6.07) is 0. The number of amides is 2. The van der Waals surface area contributed by atoms with Gasteiger partial charge in [0, 0.05) is 55.8 Å². The van der Waals surface area contributed by atoms with Crippen LogP contribution in [0.5, 0.6) is 0 Å². The minimum absolute atomic E-state index is 0.625. The van der Waals surface area contributed by atoms with Gasteiger partial charge in [0.05, 0.1) is 0 Å². The first-order chi connectivity index (χ1) is 23.2. The van der Waals surface area contributed by atoms with Gasteiger partial charge in [0.1, 0.15) is 25.4 Å². The summed E-state index contributed by atoms with van der Waals surface area (Å²) >= 11 is 0. The second kappa shape index (κ2) is 17.4. The average molecular weight is 725 g/mol. The molecule has 10 atom stereocenters. The van der Waals surface area contributed by atoms with Gasteiger partial charge in [-0.2, -0.15) is 0 Å².